The first-order valence-corrected chi connectivity index (χ1v) is 3.30. The second kappa shape index (κ2) is 3.22. The van der Waals surface area contributed by atoms with Crippen molar-refractivity contribution in [3.8, 4) is 0 Å². The van der Waals surface area contributed by atoms with Crippen molar-refractivity contribution in [1.82, 2.24) is 9.71 Å². The van der Waals surface area contributed by atoms with Gasteiger partial charge in [0.2, 0.25) is 0 Å². The average molecular weight is 171 g/mol. The van der Waals surface area contributed by atoms with Crippen molar-refractivity contribution >= 4 is 5.97 Å². The number of nitrogens with zero attached hydrogens (tertiary/aromatic N) is 2. The number of aliphatic carboxylic acids is 1. The highest BCUT2D eigenvalue weighted by molar-refractivity contribution is 5.73. The van der Waals surface area contributed by atoms with Gasteiger partial charge in [0.15, 0.2) is 0 Å². The first-order valence-electron chi connectivity index (χ1n) is 3.30. The molecule has 0 bridgehead atoms. The summed E-state index contributed by atoms with van der Waals surface area (Å²) in [7, 11) is 0. The van der Waals surface area contributed by atoms with E-state index in [0.717, 1.165) is 4.73 Å². The van der Waals surface area contributed by atoms with Gasteiger partial charge in [0.25, 0.3) is 0 Å². The number of imidazole rings is 1. The number of hydrogen-bond donors (Lipinski definition) is 3. The summed E-state index contributed by atoms with van der Waals surface area (Å²) < 4.78 is 0.753. The zero-order chi connectivity index (χ0) is 9.14. The number of carbonyl (C=O) groups is 1. The molecule has 6 heteroatoms. The van der Waals surface area contributed by atoms with Crippen molar-refractivity contribution in [2.45, 2.75) is 12.5 Å². The van der Waals surface area contributed by atoms with Gasteiger partial charge in [-0.15, -0.1) is 0 Å². The van der Waals surface area contributed by atoms with E-state index in [9.17, 15) is 4.79 Å². The van der Waals surface area contributed by atoms with Gasteiger partial charge in [0, 0.05) is 6.42 Å². The summed E-state index contributed by atoms with van der Waals surface area (Å²) in [5.41, 5.74) is 5.60. The van der Waals surface area contributed by atoms with Crippen LogP contribution in [0.3, 0.4) is 0 Å². The van der Waals surface area contributed by atoms with Crippen molar-refractivity contribution in [2.24, 2.45) is 5.73 Å². The van der Waals surface area contributed by atoms with Gasteiger partial charge in [-0.05, 0) is 0 Å². The predicted molar refractivity (Wildman–Crippen MR) is 38.7 cm³/mol. The monoisotopic (exact) mass is 171 g/mol. The van der Waals surface area contributed by atoms with Crippen molar-refractivity contribution < 1.29 is 15.1 Å². The van der Waals surface area contributed by atoms with Crippen LogP contribution in [0.4, 0.5) is 0 Å². The Hall–Kier alpha value is -1.56. The second-order valence-corrected chi connectivity index (χ2v) is 2.38. The lowest BCUT2D eigenvalue weighted by molar-refractivity contribution is -0.138. The Morgan fingerprint density at radius 1 is 1.83 bits per heavy atom. The highest BCUT2D eigenvalue weighted by Crippen LogP contribution is 1.99. The quantitative estimate of drug-likeness (QED) is 0.510. The molecule has 1 atom stereocenters. The smallest absolute Gasteiger partial charge is 0.320 e. The van der Waals surface area contributed by atoms with Crippen LogP contribution in [-0.4, -0.2) is 32.0 Å². The molecule has 1 rings (SSSR count). The molecule has 1 aromatic heterocycles. The van der Waals surface area contributed by atoms with Crippen LogP contribution in [0.5, 0.6) is 0 Å². The predicted octanol–water partition coefficient (Wildman–Crippen LogP) is -0.925. The van der Waals surface area contributed by atoms with E-state index in [2.05, 4.69) is 4.98 Å². The maximum atomic E-state index is 10.3. The molecule has 0 radical (unpaired) electrons. The van der Waals surface area contributed by atoms with Gasteiger partial charge in [-0.2, -0.15) is 4.73 Å². The molecule has 1 aromatic rings. The molecule has 66 valence electrons. The van der Waals surface area contributed by atoms with Crippen molar-refractivity contribution in [2.75, 3.05) is 0 Å². The number of hydrogen-bond acceptors (Lipinski definition) is 4. The van der Waals surface area contributed by atoms with Crippen LogP contribution in [0.25, 0.3) is 0 Å². The van der Waals surface area contributed by atoms with Crippen LogP contribution >= 0.6 is 0 Å². The van der Waals surface area contributed by atoms with E-state index in [1.54, 1.807) is 0 Å². The Balaban J connectivity index is 2.64. The van der Waals surface area contributed by atoms with Crippen LogP contribution in [0.1, 0.15) is 5.69 Å². The molecule has 0 aliphatic heterocycles. The Morgan fingerprint density at radius 2 is 2.50 bits per heavy atom. The maximum Gasteiger partial charge on any atom is 0.320 e. The van der Waals surface area contributed by atoms with Gasteiger partial charge >= 0.3 is 5.97 Å². The second-order valence-electron chi connectivity index (χ2n) is 2.38. The molecule has 0 unspecified atom stereocenters. The molecule has 0 aromatic carbocycles. The SMILES string of the molecule is N[C@@H](Cc1cncn1O)C(=O)O. The first kappa shape index (κ1) is 8.54. The number of nitrogens with two attached hydrogens (primary N) is 1. The Labute approximate surface area is 68.2 Å². The van der Waals surface area contributed by atoms with E-state index in [0.29, 0.717) is 5.69 Å². The van der Waals surface area contributed by atoms with Crippen molar-refractivity contribution in [3.63, 3.8) is 0 Å². The standard InChI is InChI=1S/C6H9N3O3/c7-5(6(10)11)1-4-2-8-3-9(4)12/h2-3,5,12H,1,7H2,(H,10,11)/t5-/m0/s1. The molecule has 0 spiro atoms. The van der Waals surface area contributed by atoms with E-state index >= 15 is 0 Å². The highest BCUT2D eigenvalue weighted by Gasteiger charge is 2.14. The first-order chi connectivity index (χ1) is 5.61. The fourth-order valence-corrected chi connectivity index (χ4v) is 0.775. The summed E-state index contributed by atoms with van der Waals surface area (Å²) in [6.45, 7) is 0. The summed E-state index contributed by atoms with van der Waals surface area (Å²) in [5, 5.41) is 17.4. The summed E-state index contributed by atoms with van der Waals surface area (Å²) in [6.07, 6.45) is 2.60. The average Bonchev–Trinajstić information content (AvgIpc) is 2.36. The van der Waals surface area contributed by atoms with Gasteiger partial charge in [0.05, 0.1) is 11.9 Å². The molecule has 1 heterocycles. The molecule has 4 N–H and O–H groups in total. The lowest BCUT2D eigenvalue weighted by atomic mass is 10.2. The van der Waals surface area contributed by atoms with Crippen LogP contribution in [0.15, 0.2) is 12.5 Å². The third-order valence-corrected chi connectivity index (χ3v) is 1.44. The Bertz CT molecular complexity index is 283. The highest BCUT2D eigenvalue weighted by atomic mass is 16.5. The van der Waals surface area contributed by atoms with E-state index in [4.69, 9.17) is 16.0 Å². The minimum Gasteiger partial charge on any atom is -0.480 e. The molecule has 0 fully saturated rings. The third-order valence-electron chi connectivity index (χ3n) is 1.44. The van der Waals surface area contributed by atoms with E-state index < -0.39 is 12.0 Å². The minimum absolute atomic E-state index is 0.0613. The van der Waals surface area contributed by atoms with Gasteiger partial charge in [-0.3, -0.25) is 4.79 Å². The molecule has 0 aliphatic rings. The summed E-state index contributed by atoms with van der Waals surface area (Å²) in [4.78, 5) is 13.9. The number of carboxylic acid groups (broad SMARTS) is 1. The number of rotatable bonds is 3. The van der Waals surface area contributed by atoms with Gasteiger partial charge in [-0.1, -0.05) is 0 Å². The number of aromatic nitrogens is 2. The van der Waals surface area contributed by atoms with E-state index in [1.165, 1.54) is 12.5 Å². The topological polar surface area (TPSA) is 101 Å². The van der Waals surface area contributed by atoms with Crippen LogP contribution in [0.2, 0.25) is 0 Å². The fraction of sp³-hybridized carbons (Fsp3) is 0.333. The summed E-state index contributed by atoms with van der Waals surface area (Å²) >= 11 is 0. The molecule has 0 amide bonds. The Morgan fingerprint density at radius 3 is 2.92 bits per heavy atom. The molecular weight excluding hydrogens is 162 g/mol. The fourth-order valence-electron chi connectivity index (χ4n) is 0.775. The number of carboxylic acids is 1. The molecule has 6 nitrogen and oxygen atoms in total. The summed E-state index contributed by atoms with van der Waals surface area (Å²) in [6, 6.07) is -1.01. The van der Waals surface area contributed by atoms with Crippen LogP contribution in [-0.2, 0) is 11.2 Å². The van der Waals surface area contributed by atoms with Gasteiger partial charge in [0.1, 0.15) is 12.4 Å². The van der Waals surface area contributed by atoms with Crippen LogP contribution < -0.4 is 5.73 Å². The van der Waals surface area contributed by atoms with E-state index in [1.807, 2.05) is 0 Å². The zero-order valence-electron chi connectivity index (χ0n) is 6.21. The lowest BCUT2D eigenvalue weighted by Gasteiger charge is -2.04. The maximum absolute atomic E-state index is 10.3. The molecule has 0 saturated heterocycles. The van der Waals surface area contributed by atoms with Crippen molar-refractivity contribution in [1.29, 1.82) is 0 Å². The largest absolute Gasteiger partial charge is 0.480 e. The minimum atomic E-state index is -1.10. The Kier molecular flexibility index (Phi) is 2.29. The normalized spacial score (nSPS) is 12.8. The molecule has 0 aliphatic carbocycles. The molecular formula is C6H9N3O3. The summed E-state index contributed by atoms with van der Waals surface area (Å²) in [5.74, 6) is -1.10. The lowest BCUT2D eigenvalue weighted by Crippen LogP contribution is -2.32. The molecule has 0 saturated carbocycles. The van der Waals surface area contributed by atoms with E-state index in [-0.39, 0.29) is 6.42 Å². The van der Waals surface area contributed by atoms with Crippen LogP contribution in [0, 0.1) is 0 Å². The zero-order valence-corrected chi connectivity index (χ0v) is 6.21. The molecule has 12 heavy (non-hydrogen) atoms. The van der Waals surface area contributed by atoms with Gasteiger partial charge in [-0.25, -0.2) is 4.98 Å². The van der Waals surface area contributed by atoms with Crippen molar-refractivity contribution in [3.05, 3.63) is 18.2 Å². The third kappa shape index (κ3) is 1.73. The van der Waals surface area contributed by atoms with Gasteiger partial charge < -0.3 is 16.0 Å².